The number of ether oxygens (including phenoxy) is 1. The average molecular weight is 430 g/mol. The zero-order valence-electron chi connectivity index (χ0n) is 18.2. The first kappa shape index (κ1) is 19.3. The van der Waals surface area contributed by atoms with Crippen LogP contribution in [0.1, 0.15) is 66.7 Å². The van der Waals surface area contributed by atoms with Gasteiger partial charge in [0.15, 0.2) is 0 Å². The lowest BCUT2D eigenvalue weighted by atomic mass is 9.93. The van der Waals surface area contributed by atoms with E-state index in [0.29, 0.717) is 12.1 Å². The number of methoxy groups -OCH3 is 1. The van der Waals surface area contributed by atoms with Gasteiger partial charge < -0.3 is 14.8 Å². The molecular formula is C26H27N3O3. The predicted octanol–water partition coefficient (Wildman–Crippen LogP) is 4.89. The van der Waals surface area contributed by atoms with Crippen LogP contribution in [0.2, 0.25) is 0 Å². The second-order valence-corrected chi connectivity index (χ2v) is 9.00. The van der Waals surface area contributed by atoms with Crippen LogP contribution in [-0.2, 0) is 6.42 Å². The molecule has 4 aromatic rings. The Morgan fingerprint density at radius 1 is 1.00 bits per heavy atom. The van der Waals surface area contributed by atoms with Gasteiger partial charge in [0.2, 0.25) is 5.88 Å². The van der Waals surface area contributed by atoms with Crippen molar-refractivity contribution >= 4 is 10.9 Å². The van der Waals surface area contributed by atoms with E-state index in [0.717, 1.165) is 59.2 Å². The molecule has 1 atom stereocenters. The molecule has 164 valence electrons. The van der Waals surface area contributed by atoms with Crippen LogP contribution < -0.4 is 10.4 Å². The summed E-state index contributed by atoms with van der Waals surface area (Å²) in [7, 11) is 1.65. The van der Waals surface area contributed by atoms with Crippen LogP contribution in [0.4, 0.5) is 0 Å². The zero-order chi connectivity index (χ0) is 21.8. The Hall–Kier alpha value is -3.41. The first-order valence-electron chi connectivity index (χ1n) is 11.5. The van der Waals surface area contributed by atoms with E-state index >= 15 is 0 Å². The van der Waals surface area contributed by atoms with Gasteiger partial charge in [-0.2, -0.15) is 0 Å². The molecule has 1 saturated carbocycles. The molecule has 0 amide bonds. The van der Waals surface area contributed by atoms with E-state index in [9.17, 15) is 9.90 Å². The highest BCUT2D eigenvalue weighted by Gasteiger charge is 2.36. The van der Waals surface area contributed by atoms with E-state index in [-0.39, 0.29) is 23.7 Å². The fourth-order valence-corrected chi connectivity index (χ4v) is 5.71. The number of aromatic amines is 1. The molecule has 2 aromatic heterocycles. The normalized spacial score (nSPS) is 18.5. The molecule has 1 fully saturated rings. The molecule has 0 spiro atoms. The van der Waals surface area contributed by atoms with Crippen LogP contribution in [0.3, 0.4) is 0 Å². The Kier molecular flexibility index (Phi) is 4.42. The maximum atomic E-state index is 13.8. The topological polar surface area (TPSA) is 72.2 Å². The molecule has 6 nitrogen and oxygen atoms in total. The number of aromatic nitrogens is 3. The second kappa shape index (κ2) is 7.33. The Labute approximate surface area is 186 Å². The predicted molar refractivity (Wildman–Crippen MR) is 124 cm³/mol. The van der Waals surface area contributed by atoms with Gasteiger partial charge in [-0.15, -0.1) is 0 Å². The number of nitrogens with one attached hydrogen (secondary N) is 1. The van der Waals surface area contributed by atoms with Crippen LogP contribution >= 0.6 is 0 Å². The number of hydrogen-bond donors (Lipinski definition) is 2. The summed E-state index contributed by atoms with van der Waals surface area (Å²) in [6, 6.07) is 15.8. The molecule has 32 heavy (non-hydrogen) atoms. The summed E-state index contributed by atoms with van der Waals surface area (Å²) < 4.78 is 8.82. The summed E-state index contributed by atoms with van der Waals surface area (Å²) in [6.07, 6.45) is 5.82. The Balaban J connectivity index is 1.60. The second-order valence-electron chi connectivity index (χ2n) is 9.00. The van der Waals surface area contributed by atoms with Gasteiger partial charge in [0.25, 0.3) is 0 Å². The quantitative estimate of drug-likeness (QED) is 0.429. The van der Waals surface area contributed by atoms with Gasteiger partial charge in [-0.3, -0.25) is 9.13 Å². The lowest BCUT2D eigenvalue weighted by Crippen LogP contribution is -2.34. The largest absolute Gasteiger partial charge is 0.497 e. The van der Waals surface area contributed by atoms with Gasteiger partial charge in [-0.1, -0.05) is 49.6 Å². The number of rotatable bonds is 3. The highest BCUT2D eigenvalue weighted by atomic mass is 16.5. The maximum absolute atomic E-state index is 13.8. The molecule has 6 heteroatoms. The van der Waals surface area contributed by atoms with Crippen molar-refractivity contribution in [2.24, 2.45) is 0 Å². The van der Waals surface area contributed by atoms with Crippen LogP contribution in [-0.4, -0.2) is 26.3 Å². The molecule has 1 aliphatic carbocycles. The molecule has 0 unspecified atom stereocenters. The number of nitrogens with zero attached hydrogens (tertiary/aromatic N) is 2. The number of aromatic hydroxyl groups is 1. The lowest BCUT2D eigenvalue weighted by Gasteiger charge is -2.26. The summed E-state index contributed by atoms with van der Waals surface area (Å²) in [5.74, 6) is 0.910. The summed E-state index contributed by atoms with van der Waals surface area (Å²) in [5.41, 5.74) is 4.80. The zero-order valence-corrected chi connectivity index (χ0v) is 18.2. The van der Waals surface area contributed by atoms with Crippen molar-refractivity contribution in [2.75, 3.05) is 7.11 Å². The minimum absolute atomic E-state index is 0.0703. The molecule has 0 radical (unpaired) electrons. The Morgan fingerprint density at radius 3 is 2.50 bits per heavy atom. The van der Waals surface area contributed by atoms with Crippen molar-refractivity contribution in [3.8, 4) is 11.6 Å². The molecule has 1 aliphatic heterocycles. The monoisotopic (exact) mass is 429 g/mol. The number of para-hydroxylation sites is 1. The van der Waals surface area contributed by atoms with Gasteiger partial charge in [0.05, 0.1) is 12.8 Å². The molecule has 0 saturated heterocycles. The van der Waals surface area contributed by atoms with Crippen LogP contribution in [0.15, 0.2) is 53.3 Å². The smallest absolute Gasteiger partial charge is 0.332 e. The highest BCUT2D eigenvalue weighted by Crippen LogP contribution is 2.42. The van der Waals surface area contributed by atoms with Crippen LogP contribution in [0.25, 0.3) is 10.9 Å². The van der Waals surface area contributed by atoms with Crippen molar-refractivity contribution in [1.29, 1.82) is 0 Å². The van der Waals surface area contributed by atoms with Gasteiger partial charge in [0, 0.05) is 29.1 Å². The van der Waals surface area contributed by atoms with Crippen molar-refractivity contribution in [3.63, 3.8) is 0 Å². The van der Waals surface area contributed by atoms with E-state index in [4.69, 9.17) is 4.74 Å². The molecule has 2 N–H and O–H groups in total. The molecule has 2 aromatic carbocycles. The van der Waals surface area contributed by atoms with Crippen molar-refractivity contribution in [2.45, 2.75) is 50.6 Å². The average Bonchev–Trinajstić information content (AvgIpc) is 3.33. The number of imidazole rings is 1. The SMILES string of the molecule is COc1ccc([C@@H]2c3[nH]c4ccccc4c3Cc3c(O)n(C4CCCCC4)c(=O)n32)cc1. The van der Waals surface area contributed by atoms with E-state index in [2.05, 4.69) is 17.1 Å². The summed E-state index contributed by atoms with van der Waals surface area (Å²) in [5, 5.41) is 12.4. The molecular weight excluding hydrogens is 402 g/mol. The van der Waals surface area contributed by atoms with E-state index in [1.165, 1.54) is 6.42 Å². The molecule has 2 aliphatic rings. The molecule has 3 heterocycles. The van der Waals surface area contributed by atoms with Gasteiger partial charge in [-0.25, -0.2) is 4.79 Å². The standard InChI is InChI=1S/C26H27N3O3/c1-32-18-13-11-16(12-14-18)24-23-20(19-9-5-6-10-21(19)27-23)15-22-25(30)28(26(31)29(22)24)17-7-3-2-4-8-17/h5-6,9-14,17,24,27,30H,2-4,7-8,15H2,1H3/t24-/m1/s1. The van der Waals surface area contributed by atoms with E-state index in [1.54, 1.807) is 11.7 Å². The Bertz CT molecular complexity index is 1350. The molecule has 6 rings (SSSR count). The van der Waals surface area contributed by atoms with Gasteiger partial charge in [0.1, 0.15) is 11.8 Å². The third kappa shape index (κ3) is 2.75. The number of hydrogen-bond acceptors (Lipinski definition) is 3. The fraction of sp³-hybridized carbons (Fsp3) is 0.346. The van der Waals surface area contributed by atoms with E-state index < -0.39 is 0 Å². The van der Waals surface area contributed by atoms with Crippen molar-refractivity contribution in [3.05, 3.63) is 81.5 Å². The van der Waals surface area contributed by atoms with Gasteiger partial charge >= 0.3 is 5.69 Å². The van der Waals surface area contributed by atoms with Crippen molar-refractivity contribution in [1.82, 2.24) is 14.1 Å². The van der Waals surface area contributed by atoms with Crippen molar-refractivity contribution < 1.29 is 9.84 Å². The van der Waals surface area contributed by atoms with Crippen LogP contribution in [0.5, 0.6) is 11.6 Å². The number of H-pyrrole nitrogens is 1. The minimum atomic E-state index is -0.324. The third-order valence-corrected chi connectivity index (χ3v) is 7.28. The van der Waals surface area contributed by atoms with E-state index in [1.807, 2.05) is 41.0 Å². The first-order valence-corrected chi connectivity index (χ1v) is 11.5. The third-order valence-electron chi connectivity index (χ3n) is 7.28. The fourth-order valence-electron chi connectivity index (χ4n) is 5.71. The lowest BCUT2D eigenvalue weighted by molar-refractivity contribution is 0.306. The van der Waals surface area contributed by atoms with Gasteiger partial charge in [-0.05, 0) is 42.2 Å². The summed E-state index contributed by atoms with van der Waals surface area (Å²) >= 11 is 0. The van der Waals surface area contributed by atoms with Crippen LogP contribution in [0, 0.1) is 0 Å². The summed E-state index contributed by atoms with van der Waals surface area (Å²) in [6.45, 7) is 0. The number of benzene rings is 2. The molecule has 0 bridgehead atoms. The summed E-state index contributed by atoms with van der Waals surface area (Å²) in [4.78, 5) is 17.4. The minimum Gasteiger partial charge on any atom is -0.497 e. The number of fused-ring (bicyclic) bond motifs is 4. The maximum Gasteiger partial charge on any atom is 0.332 e. The highest BCUT2D eigenvalue weighted by molar-refractivity contribution is 5.86. The Morgan fingerprint density at radius 2 is 1.75 bits per heavy atom. The first-order chi connectivity index (χ1) is 15.7.